The van der Waals surface area contributed by atoms with Gasteiger partial charge in [0, 0.05) is 30.1 Å². The van der Waals surface area contributed by atoms with Gasteiger partial charge in [-0.25, -0.2) is 0 Å². The Balaban J connectivity index is 2.95. The summed E-state index contributed by atoms with van der Waals surface area (Å²) in [6.45, 7) is 0.0963. The zero-order valence-electron chi connectivity index (χ0n) is 7.89. The third-order valence-corrected chi connectivity index (χ3v) is 2.34. The van der Waals surface area contributed by atoms with Crippen molar-refractivity contribution < 1.29 is 10.0 Å². The first-order valence-electron chi connectivity index (χ1n) is 4.35. The first-order valence-corrected chi connectivity index (χ1v) is 4.73. The number of aliphatic hydroxyl groups is 1. The van der Waals surface area contributed by atoms with Crippen molar-refractivity contribution in [3.05, 3.63) is 38.9 Å². The Labute approximate surface area is 91.6 Å². The van der Waals surface area contributed by atoms with Crippen LogP contribution in [0.1, 0.15) is 5.56 Å². The van der Waals surface area contributed by atoms with Gasteiger partial charge in [-0.2, -0.15) is 0 Å². The molecule has 0 radical (unpaired) electrons. The van der Waals surface area contributed by atoms with Crippen molar-refractivity contribution in [3.8, 4) is 0 Å². The molecule has 0 aromatic heterocycles. The molecule has 1 aromatic carbocycles. The molecule has 0 aliphatic carbocycles. The number of nitrogens with zero attached hydrogens (tertiary/aromatic N) is 1. The van der Waals surface area contributed by atoms with Gasteiger partial charge in [-0.15, -0.1) is 0 Å². The fourth-order valence-electron chi connectivity index (χ4n) is 1.17. The monoisotopic (exact) mass is 230 g/mol. The number of non-ortho nitro benzene ring substituents is 1. The highest BCUT2D eigenvalue weighted by Crippen LogP contribution is 2.23. The minimum Gasteiger partial charge on any atom is -0.391 e. The molecule has 1 aromatic rings. The van der Waals surface area contributed by atoms with Gasteiger partial charge in [0.15, 0.2) is 0 Å². The second kappa shape index (κ2) is 5.06. The van der Waals surface area contributed by atoms with E-state index in [1.165, 1.54) is 18.2 Å². The molecule has 6 heteroatoms. The summed E-state index contributed by atoms with van der Waals surface area (Å²) in [7, 11) is 0. The fraction of sp³-hybridized carbons (Fsp3) is 0.333. The molecule has 0 fully saturated rings. The number of aliphatic hydroxyl groups excluding tert-OH is 1. The molecule has 0 spiro atoms. The second-order valence-electron chi connectivity index (χ2n) is 3.13. The van der Waals surface area contributed by atoms with Gasteiger partial charge in [0.05, 0.1) is 11.0 Å². The average molecular weight is 231 g/mol. The van der Waals surface area contributed by atoms with Crippen molar-refractivity contribution in [1.82, 2.24) is 0 Å². The molecule has 0 heterocycles. The van der Waals surface area contributed by atoms with Gasteiger partial charge < -0.3 is 10.8 Å². The quantitative estimate of drug-likeness (QED) is 0.599. The van der Waals surface area contributed by atoms with Crippen molar-refractivity contribution in [3.63, 3.8) is 0 Å². The van der Waals surface area contributed by atoms with Crippen LogP contribution in [-0.2, 0) is 6.42 Å². The molecular weight excluding hydrogens is 220 g/mol. The maximum atomic E-state index is 10.5. The van der Waals surface area contributed by atoms with Crippen LogP contribution in [0.4, 0.5) is 5.69 Å². The van der Waals surface area contributed by atoms with Gasteiger partial charge >= 0.3 is 0 Å². The Bertz CT molecular complexity index is 370. The number of nitro groups is 1. The molecule has 0 aliphatic rings. The molecule has 0 aliphatic heterocycles. The molecular formula is C9H11ClN2O3. The fourth-order valence-corrected chi connectivity index (χ4v) is 1.36. The Morgan fingerprint density at radius 1 is 1.60 bits per heavy atom. The summed E-state index contributed by atoms with van der Waals surface area (Å²) in [6.07, 6.45) is -0.513. The molecule has 0 saturated heterocycles. The summed E-state index contributed by atoms with van der Waals surface area (Å²) in [5.74, 6) is 0. The molecule has 0 bridgehead atoms. The lowest BCUT2D eigenvalue weighted by Gasteiger charge is -2.08. The van der Waals surface area contributed by atoms with Crippen LogP contribution < -0.4 is 5.73 Å². The van der Waals surface area contributed by atoms with Crippen molar-refractivity contribution in [2.75, 3.05) is 6.54 Å². The number of nitrogens with two attached hydrogens (primary N) is 1. The predicted molar refractivity (Wildman–Crippen MR) is 56.9 cm³/mol. The Morgan fingerprint density at radius 2 is 2.27 bits per heavy atom. The van der Waals surface area contributed by atoms with Gasteiger partial charge in [-0.05, 0) is 11.6 Å². The van der Waals surface area contributed by atoms with Gasteiger partial charge in [0.25, 0.3) is 5.69 Å². The van der Waals surface area contributed by atoms with Crippen LogP contribution in [0.5, 0.6) is 0 Å². The highest BCUT2D eigenvalue weighted by Gasteiger charge is 2.12. The number of hydrogen-bond acceptors (Lipinski definition) is 4. The summed E-state index contributed by atoms with van der Waals surface area (Å²) in [5.41, 5.74) is 5.73. The van der Waals surface area contributed by atoms with Crippen molar-refractivity contribution >= 4 is 17.3 Å². The lowest BCUT2D eigenvalue weighted by atomic mass is 10.1. The normalized spacial score (nSPS) is 12.5. The topological polar surface area (TPSA) is 89.4 Å². The maximum Gasteiger partial charge on any atom is 0.269 e. The molecule has 1 rings (SSSR count). The third kappa shape index (κ3) is 3.16. The molecule has 82 valence electrons. The molecule has 15 heavy (non-hydrogen) atoms. The van der Waals surface area contributed by atoms with Crippen LogP contribution in [-0.4, -0.2) is 22.7 Å². The van der Waals surface area contributed by atoms with E-state index >= 15 is 0 Å². The Kier molecular flexibility index (Phi) is 4.02. The van der Waals surface area contributed by atoms with Crippen LogP contribution in [0, 0.1) is 10.1 Å². The lowest BCUT2D eigenvalue weighted by molar-refractivity contribution is -0.384. The third-order valence-electron chi connectivity index (χ3n) is 1.97. The molecule has 5 nitrogen and oxygen atoms in total. The maximum absolute atomic E-state index is 10.5. The summed E-state index contributed by atoms with van der Waals surface area (Å²) >= 11 is 5.83. The van der Waals surface area contributed by atoms with Gasteiger partial charge in [-0.1, -0.05) is 11.6 Å². The lowest BCUT2D eigenvalue weighted by Crippen LogP contribution is -2.22. The standard InChI is InChI=1S/C9H11ClN2O3/c10-9-2-1-7(12(14)15)3-6(9)4-8(13)5-11/h1-3,8,13H,4-5,11H2. The molecule has 3 N–H and O–H groups in total. The highest BCUT2D eigenvalue weighted by molar-refractivity contribution is 6.31. The minimum atomic E-state index is -0.732. The van der Waals surface area contributed by atoms with E-state index in [-0.39, 0.29) is 18.7 Å². The van der Waals surface area contributed by atoms with Crippen molar-refractivity contribution in [2.24, 2.45) is 5.73 Å². The molecule has 1 unspecified atom stereocenters. The number of rotatable bonds is 4. The van der Waals surface area contributed by atoms with E-state index in [1.807, 2.05) is 0 Å². The first kappa shape index (κ1) is 11.9. The van der Waals surface area contributed by atoms with Crippen LogP contribution in [0.15, 0.2) is 18.2 Å². The first-order chi connectivity index (χ1) is 7.04. The summed E-state index contributed by atoms with van der Waals surface area (Å²) in [4.78, 5) is 9.99. The average Bonchev–Trinajstić information content (AvgIpc) is 2.20. The number of halogens is 1. The van der Waals surface area contributed by atoms with Crippen LogP contribution >= 0.6 is 11.6 Å². The van der Waals surface area contributed by atoms with Crippen molar-refractivity contribution in [2.45, 2.75) is 12.5 Å². The number of hydrogen-bond donors (Lipinski definition) is 2. The second-order valence-corrected chi connectivity index (χ2v) is 3.53. The molecule has 0 saturated carbocycles. The van der Waals surface area contributed by atoms with Crippen LogP contribution in [0.25, 0.3) is 0 Å². The summed E-state index contributed by atoms with van der Waals surface area (Å²) < 4.78 is 0. The van der Waals surface area contributed by atoms with E-state index < -0.39 is 11.0 Å². The molecule has 1 atom stereocenters. The number of benzene rings is 1. The SMILES string of the molecule is NCC(O)Cc1cc([N+](=O)[O-])ccc1Cl. The van der Waals surface area contributed by atoms with Gasteiger partial charge in [0.1, 0.15) is 0 Å². The van der Waals surface area contributed by atoms with E-state index in [2.05, 4.69) is 0 Å². The molecule has 0 amide bonds. The Hall–Kier alpha value is -1.17. The van der Waals surface area contributed by atoms with E-state index in [4.69, 9.17) is 17.3 Å². The van der Waals surface area contributed by atoms with E-state index in [0.717, 1.165) is 0 Å². The zero-order valence-corrected chi connectivity index (χ0v) is 8.65. The van der Waals surface area contributed by atoms with E-state index in [0.29, 0.717) is 10.6 Å². The highest BCUT2D eigenvalue weighted by atomic mass is 35.5. The van der Waals surface area contributed by atoms with Gasteiger partial charge in [-0.3, -0.25) is 10.1 Å². The predicted octanol–water partition coefficient (Wildman–Crippen LogP) is 1.11. The zero-order chi connectivity index (χ0) is 11.4. The largest absolute Gasteiger partial charge is 0.391 e. The number of nitro benzene ring substituents is 1. The summed E-state index contributed by atoms with van der Waals surface area (Å²) in [6, 6.07) is 4.11. The van der Waals surface area contributed by atoms with E-state index in [9.17, 15) is 15.2 Å². The van der Waals surface area contributed by atoms with Gasteiger partial charge in [0.2, 0.25) is 0 Å². The van der Waals surface area contributed by atoms with E-state index in [1.54, 1.807) is 0 Å². The van der Waals surface area contributed by atoms with Crippen LogP contribution in [0.2, 0.25) is 5.02 Å². The smallest absolute Gasteiger partial charge is 0.269 e. The summed E-state index contributed by atoms with van der Waals surface area (Å²) in [5, 5.41) is 20.2. The minimum absolute atomic E-state index is 0.0429. The Morgan fingerprint density at radius 3 is 2.80 bits per heavy atom. The van der Waals surface area contributed by atoms with Crippen LogP contribution in [0.3, 0.4) is 0 Å². The van der Waals surface area contributed by atoms with Crippen molar-refractivity contribution in [1.29, 1.82) is 0 Å².